The smallest absolute Gasteiger partial charge is 0.191 e. The second kappa shape index (κ2) is 11.0. The van der Waals surface area contributed by atoms with E-state index in [1.165, 1.54) is 37.7 Å². The van der Waals surface area contributed by atoms with E-state index < -0.39 is 0 Å². The summed E-state index contributed by atoms with van der Waals surface area (Å²) >= 11 is 0. The highest BCUT2D eigenvalue weighted by molar-refractivity contribution is 14.0. The van der Waals surface area contributed by atoms with Crippen LogP contribution in [0.25, 0.3) is 0 Å². The van der Waals surface area contributed by atoms with Gasteiger partial charge < -0.3 is 20.3 Å². The summed E-state index contributed by atoms with van der Waals surface area (Å²) in [5, 5.41) is 6.96. The zero-order valence-corrected chi connectivity index (χ0v) is 19.0. The van der Waals surface area contributed by atoms with E-state index in [0.29, 0.717) is 5.41 Å². The van der Waals surface area contributed by atoms with Crippen LogP contribution in [0.3, 0.4) is 0 Å². The Bertz CT molecular complexity index is 600. The lowest BCUT2D eigenvalue weighted by Gasteiger charge is -2.42. The Balaban J connectivity index is 0.00000261. The van der Waals surface area contributed by atoms with Crippen molar-refractivity contribution in [3.8, 4) is 0 Å². The van der Waals surface area contributed by atoms with Crippen molar-refractivity contribution in [1.29, 1.82) is 0 Å². The van der Waals surface area contributed by atoms with Crippen LogP contribution < -0.4 is 15.5 Å². The molecule has 27 heavy (non-hydrogen) atoms. The number of rotatable bonds is 8. The number of nitrogens with one attached hydrogen (secondary N) is 2. The molecule has 1 aliphatic carbocycles. The first-order valence-corrected chi connectivity index (χ1v) is 9.88. The molecule has 6 nitrogen and oxygen atoms in total. The van der Waals surface area contributed by atoms with E-state index in [1.807, 2.05) is 13.2 Å². The number of hydrogen-bond acceptors (Lipinski definition) is 4. The molecule has 1 aromatic rings. The highest BCUT2D eigenvalue weighted by Crippen LogP contribution is 2.43. The van der Waals surface area contributed by atoms with Crippen LogP contribution in [0.4, 0.5) is 5.82 Å². The van der Waals surface area contributed by atoms with Gasteiger partial charge in [-0.15, -0.1) is 24.0 Å². The number of aliphatic imine (C=N–C) groups is 1. The molecular formula is C20H34IN5O. The third-order valence-electron chi connectivity index (χ3n) is 5.81. The van der Waals surface area contributed by atoms with Crippen LogP contribution in [0, 0.1) is 5.41 Å². The van der Waals surface area contributed by atoms with E-state index in [-0.39, 0.29) is 24.0 Å². The average molecular weight is 487 g/mol. The number of hydrogen-bond donors (Lipinski definition) is 2. The monoisotopic (exact) mass is 487 g/mol. The molecule has 1 aromatic heterocycles. The fourth-order valence-corrected chi connectivity index (χ4v) is 3.88. The first-order valence-electron chi connectivity index (χ1n) is 9.88. The molecular weight excluding hydrogens is 453 g/mol. The molecule has 0 unspecified atom stereocenters. The predicted octanol–water partition coefficient (Wildman–Crippen LogP) is 3.17. The maximum absolute atomic E-state index is 5.28. The molecule has 2 aliphatic rings. The van der Waals surface area contributed by atoms with Gasteiger partial charge in [0, 0.05) is 53.1 Å². The maximum atomic E-state index is 5.28. The van der Waals surface area contributed by atoms with E-state index in [9.17, 15) is 0 Å². The Morgan fingerprint density at radius 2 is 2.04 bits per heavy atom. The molecule has 0 atom stereocenters. The zero-order chi connectivity index (χ0) is 18.2. The molecule has 0 spiro atoms. The topological polar surface area (TPSA) is 61.8 Å². The second-order valence-electron chi connectivity index (χ2n) is 7.59. The quantitative estimate of drug-likeness (QED) is 0.335. The van der Waals surface area contributed by atoms with Crippen LogP contribution in [0.1, 0.15) is 44.1 Å². The van der Waals surface area contributed by atoms with Crippen LogP contribution in [-0.2, 0) is 11.3 Å². The fraction of sp³-hybridized carbons (Fsp3) is 0.700. The molecule has 2 heterocycles. The molecule has 0 bridgehead atoms. The molecule has 7 heteroatoms. The lowest BCUT2D eigenvalue weighted by Crippen LogP contribution is -2.46. The molecule has 1 saturated heterocycles. The SMILES string of the molecule is CN=C(NCc1ccnc(N2CCCC2)c1)NCC1(CCOC)CCC1.I. The minimum Gasteiger partial charge on any atom is -0.385 e. The summed E-state index contributed by atoms with van der Waals surface area (Å²) in [5.74, 6) is 1.96. The summed E-state index contributed by atoms with van der Waals surface area (Å²) in [7, 11) is 3.62. The van der Waals surface area contributed by atoms with Gasteiger partial charge in [-0.2, -0.15) is 0 Å². The van der Waals surface area contributed by atoms with Gasteiger partial charge in [0.15, 0.2) is 5.96 Å². The number of ether oxygens (including phenoxy) is 1. The van der Waals surface area contributed by atoms with Crippen molar-refractivity contribution in [2.24, 2.45) is 10.4 Å². The van der Waals surface area contributed by atoms with Gasteiger partial charge in [0.2, 0.25) is 0 Å². The Kier molecular flexibility index (Phi) is 9.08. The summed E-state index contributed by atoms with van der Waals surface area (Å²) in [4.78, 5) is 11.3. The van der Waals surface area contributed by atoms with Gasteiger partial charge in [0.1, 0.15) is 5.82 Å². The molecule has 1 aliphatic heterocycles. The molecule has 2 fully saturated rings. The number of methoxy groups -OCH3 is 1. The van der Waals surface area contributed by atoms with Gasteiger partial charge in [0.25, 0.3) is 0 Å². The van der Waals surface area contributed by atoms with Crippen molar-refractivity contribution in [2.45, 2.75) is 45.1 Å². The van der Waals surface area contributed by atoms with Gasteiger partial charge in [-0.3, -0.25) is 4.99 Å². The molecule has 152 valence electrons. The van der Waals surface area contributed by atoms with Crippen molar-refractivity contribution < 1.29 is 4.74 Å². The van der Waals surface area contributed by atoms with E-state index in [0.717, 1.165) is 51.0 Å². The Labute approximate surface area is 180 Å². The highest BCUT2D eigenvalue weighted by Gasteiger charge is 2.36. The van der Waals surface area contributed by atoms with E-state index >= 15 is 0 Å². The summed E-state index contributed by atoms with van der Waals surface area (Å²) < 4.78 is 5.28. The molecule has 0 aromatic carbocycles. The van der Waals surface area contributed by atoms with E-state index in [1.54, 1.807) is 7.11 Å². The largest absolute Gasteiger partial charge is 0.385 e. The van der Waals surface area contributed by atoms with Crippen molar-refractivity contribution in [3.63, 3.8) is 0 Å². The number of halogens is 1. The van der Waals surface area contributed by atoms with Crippen LogP contribution in [0.2, 0.25) is 0 Å². The van der Waals surface area contributed by atoms with Crippen molar-refractivity contribution >= 4 is 35.8 Å². The summed E-state index contributed by atoms with van der Waals surface area (Å²) in [6.07, 6.45) is 9.46. The Morgan fingerprint density at radius 1 is 1.26 bits per heavy atom. The number of pyridine rings is 1. The number of guanidine groups is 1. The number of anilines is 1. The van der Waals surface area contributed by atoms with Gasteiger partial charge in [-0.05, 0) is 55.2 Å². The summed E-state index contributed by atoms with van der Waals surface area (Å²) in [6.45, 7) is 4.80. The standard InChI is InChI=1S/C20H33N5O.HI/c1-21-19(24-16-20(7-5-8-20)9-13-26-2)23-15-17-6-10-22-18(14-17)25-11-3-4-12-25;/h6,10,14H,3-5,7-9,11-13,15-16H2,1-2H3,(H2,21,23,24);1H. The minimum absolute atomic E-state index is 0. The van der Waals surface area contributed by atoms with Gasteiger partial charge in [-0.25, -0.2) is 4.98 Å². The maximum Gasteiger partial charge on any atom is 0.191 e. The molecule has 1 saturated carbocycles. The predicted molar refractivity (Wildman–Crippen MR) is 122 cm³/mol. The first-order chi connectivity index (χ1) is 12.7. The van der Waals surface area contributed by atoms with Crippen LogP contribution in [0.15, 0.2) is 23.3 Å². The normalized spacial score (nSPS) is 18.6. The highest BCUT2D eigenvalue weighted by atomic mass is 127. The molecule has 0 amide bonds. The van der Waals surface area contributed by atoms with Crippen molar-refractivity contribution in [2.75, 3.05) is 45.3 Å². The number of nitrogens with zero attached hydrogens (tertiary/aromatic N) is 3. The van der Waals surface area contributed by atoms with Crippen molar-refractivity contribution in [1.82, 2.24) is 15.6 Å². The lowest BCUT2D eigenvalue weighted by atomic mass is 9.67. The molecule has 0 radical (unpaired) electrons. The summed E-state index contributed by atoms with van der Waals surface area (Å²) in [5.41, 5.74) is 1.62. The van der Waals surface area contributed by atoms with E-state index in [2.05, 4.69) is 37.6 Å². The molecule has 2 N–H and O–H groups in total. The van der Waals surface area contributed by atoms with Gasteiger partial charge >= 0.3 is 0 Å². The minimum atomic E-state index is 0. The number of aromatic nitrogens is 1. The van der Waals surface area contributed by atoms with Crippen LogP contribution in [0.5, 0.6) is 0 Å². The average Bonchev–Trinajstić information content (AvgIpc) is 3.18. The lowest BCUT2D eigenvalue weighted by molar-refractivity contribution is 0.0732. The van der Waals surface area contributed by atoms with Gasteiger partial charge in [0.05, 0.1) is 0 Å². The van der Waals surface area contributed by atoms with E-state index in [4.69, 9.17) is 4.74 Å². The Hall–Kier alpha value is -1.09. The third-order valence-corrected chi connectivity index (χ3v) is 5.81. The Morgan fingerprint density at radius 3 is 2.67 bits per heavy atom. The second-order valence-corrected chi connectivity index (χ2v) is 7.59. The molecule has 3 rings (SSSR count). The summed E-state index contributed by atoms with van der Waals surface area (Å²) in [6, 6.07) is 4.27. The van der Waals surface area contributed by atoms with Crippen molar-refractivity contribution in [3.05, 3.63) is 23.9 Å². The van der Waals surface area contributed by atoms with Crippen LogP contribution in [-0.4, -0.2) is 51.3 Å². The van der Waals surface area contributed by atoms with Crippen LogP contribution >= 0.6 is 24.0 Å². The zero-order valence-electron chi connectivity index (χ0n) is 16.7. The fourth-order valence-electron chi connectivity index (χ4n) is 3.88. The first kappa shape index (κ1) is 22.2. The van der Waals surface area contributed by atoms with Gasteiger partial charge in [-0.1, -0.05) is 6.42 Å². The third kappa shape index (κ3) is 6.20.